The van der Waals surface area contributed by atoms with Crippen molar-refractivity contribution in [2.45, 2.75) is 43.4 Å². The van der Waals surface area contributed by atoms with Crippen molar-refractivity contribution in [1.29, 1.82) is 0 Å². The monoisotopic (exact) mass is 363 g/mol. The van der Waals surface area contributed by atoms with Crippen molar-refractivity contribution in [3.63, 3.8) is 0 Å². The minimum absolute atomic E-state index is 0.179. The first-order chi connectivity index (χ1) is 11.9. The van der Waals surface area contributed by atoms with Crippen LogP contribution in [0.1, 0.15) is 38.5 Å². The fourth-order valence-corrected chi connectivity index (χ4v) is 6.10. The number of anilines is 1. The maximum absolute atomic E-state index is 13.0. The zero-order valence-electron chi connectivity index (χ0n) is 14.2. The van der Waals surface area contributed by atoms with Crippen molar-refractivity contribution in [2.24, 2.45) is 17.3 Å². The molecular weight excluding hydrogens is 342 g/mol. The molecule has 25 heavy (non-hydrogen) atoms. The molecule has 1 aromatic carbocycles. The lowest BCUT2D eigenvalue weighted by atomic mass is 9.49. The van der Waals surface area contributed by atoms with Crippen LogP contribution in [0.25, 0.3) is 0 Å². The van der Waals surface area contributed by atoms with Gasteiger partial charge in [-0.2, -0.15) is 0 Å². The first kappa shape index (κ1) is 16.7. The lowest BCUT2D eigenvalue weighted by Gasteiger charge is -2.58. The quantitative estimate of drug-likeness (QED) is 0.492. The SMILES string of the molecule is COC(=O)Nc1cccc(OC(=O)C23CC4CC(CC(Cl)(C4)C2)C3)c1. The van der Waals surface area contributed by atoms with Crippen molar-refractivity contribution in [1.82, 2.24) is 0 Å². The maximum Gasteiger partial charge on any atom is 0.411 e. The molecule has 4 bridgehead atoms. The Kier molecular flexibility index (Phi) is 3.95. The average Bonchev–Trinajstić information content (AvgIpc) is 2.52. The predicted molar refractivity (Wildman–Crippen MR) is 93.8 cm³/mol. The number of nitrogens with one attached hydrogen (secondary N) is 1. The van der Waals surface area contributed by atoms with Gasteiger partial charge in [0.05, 0.1) is 12.5 Å². The molecule has 1 amide bonds. The largest absolute Gasteiger partial charge is 0.453 e. The Morgan fingerprint density at radius 2 is 1.92 bits per heavy atom. The predicted octanol–water partition coefficient (Wildman–Crippen LogP) is 4.35. The van der Waals surface area contributed by atoms with Crippen LogP contribution >= 0.6 is 11.6 Å². The first-order valence-electron chi connectivity index (χ1n) is 8.76. The van der Waals surface area contributed by atoms with E-state index in [1.54, 1.807) is 24.3 Å². The van der Waals surface area contributed by atoms with Gasteiger partial charge in [0.2, 0.25) is 0 Å². The third kappa shape index (κ3) is 3.10. The molecule has 4 fully saturated rings. The van der Waals surface area contributed by atoms with Crippen LogP contribution in [0.5, 0.6) is 5.75 Å². The molecule has 1 N–H and O–H groups in total. The second-order valence-electron chi connectivity index (χ2n) is 7.93. The summed E-state index contributed by atoms with van der Waals surface area (Å²) in [4.78, 5) is 24.1. The number of carbonyl (C=O) groups excluding carboxylic acids is 2. The standard InChI is InChI=1S/C19H22ClNO4/c1-24-17(23)21-14-3-2-4-15(6-14)25-16(22)18-7-12-5-13(8-18)10-19(20,9-12)11-18/h2-4,6,12-13H,5,7-11H2,1H3,(H,21,23). The molecule has 0 aromatic heterocycles. The molecule has 4 aliphatic rings. The van der Waals surface area contributed by atoms with Crippen molar-refractivity contribution in [3.8, 4) is 5.75 Å². The number of methoxy groups -OCH3 is 1. The molecule has 5 nitrogen and oxygen atoms in total. The summed E-state index contributed by atoms with van der Waals surface area (Å²) in [5.41, 5.74) is 0.0777. The molecule has 6 heteroatoms. The third-order valence-electron chi connectivity index (χ3n) is 5.90. The summed E-state index contributed by atoms with van der Waals surface area (Å²) in [7, 11) is 1.30. The molecule has 0 heterocycles. The zero-order valence-corrected chi connectivity index (χ0v) is 15.0. The van der Waals surface area contributed by atoms with E-state index in [2.05, 4.69) is 10.1 Å². The summed E-state index contributed by atoms with van der Waals surface area (Å²) in [6.07, 6.45) is 5.18. The van der Waals surface area contributed by atoms with Crippen LogP contribution in [0.3, 0.4) is 0 Å². The molecule has 134 valence electrons. The van der Waals surface area contributed by atoms with E-state index in [1.807, 2.05) is 0 Å². The number of benzene rings is 1. The highest BCUT2D eigenvalue weighted by Crippen LogP contribution is 2.64. The van der Waals surface area contributed by atoms with Gasteiger partial charge in [-0.1, -0.05) is 6.07 Å². The summed E-state index contributed by atoms with van der Waals surface area (Å²) in [5, 5.41) is 2.57. The summed E-state index contributed by atoms with van der Waals surface area (Å²) in [6, 6.07) is 6.80. The van der Waals surface area contributed by atoms with Gasteiger partial charge in [0.25, 0.3) is 0 Å². The van der Waals surface area contributed by atoms with Gasteiger partial charge in [0, 0.05) is 16.6 Å². The number of hydrogen-bond donors (Lipinski definition) is 1. The van der Waals surface area contributed by atoms with Gasteiger partial charge in [-0.05, 0) is 62.5 Å². The highest BCUT2D eigenvalue weighted by molar-refractivity contribution is 6.24. The summed E-state index contributed by atoms with van der Waals surface area (Å²) >= 11 is 6.80. The topological polar surface area (TPSA) is 64.6 Å². The van der Waals surface area contributed by atoms with Crippen molar-refractivity contribution in [2.75, 3.05) is 12.4 Å². The van der Waals surface area contributed by atoms with E-state index in [-0.39, 0.29) is 10.8 Å². The van der Waals surface area contributed by atoms with Gasteiger partial charge < -0.3 is 9.47 Å². The van der Waals surface area contributed by atoms with Crippen LogP contribution < -0.4 is 10.1 Å². The van der Waals surface area contributed by atoms with Gasteiger partial charge in [-0.25, -0.2) is 4.79 Å². The Labute approximate surface area is 152 Å². The second kappa shape index (κ2) is 5.90. The van der Waals surface area contributed by atoms with Crippen LogP contribution in [0, 0.1) is 17.3 Å². The number of carbonyl (C=O) groups is 2. The summed E-state index contributed by atoms with van der Waals surface area (Å²) < 4.78 is 10.3. The maximum atomic E-state index is 13.0. The number of halogens is 1. The molecule has 1 aromatic rings. The molecule has 0 radical (unpaired) electrons. The third-order valence-corrected chi connectivity index (χ3v) is 6.34. The number of hydrogen-bond acceptors (Lipinski definition) is 4. The van der Waals surface area contributed by atoms with E-state index in [1.165, 1.54) is 13.5 Å². The van der Waals surface area contributed by atoms with E-state index in [9.17, 15) is 9.59 Å². The number of amides is 1. The van der Waals surface area contributed by atoms with Gasteiger partial charge in [-0.3, -0.25) is 10.1 Å². The lowest BCUT2D eigenvalue weighted by Crippen LogP contribution is -2.56. The van der Waals surface area contributed by atoms with E-state index in [0.29, 0.717) is 29.7 Å². The van der Waals surface area contributed by atoms with E-state index < -0.39 is 11.5 Å². The van der Waals surface area contributed by atoms with Gasteiger partial charge in [-0.15, -0.1) is 11.6 Å². The van der Waals surface area contributed by atoms with E-state index >= 15 is 0 Å². The van der Waals surface area contributed by atoms with Gasteiger partial charge in [0.1, 0.15) is 5.75 Å². The van der Waals surface area contributed by atoms with Crippen LogP contribution in [0.15, 0.2) is 24.3 Å². The molecule has 2 unspecified atom stereocenters. The Hall–Kier alpha value is -1.75. The van der Waals surface area contributed by atoms with Crippen molar-refractivity contribution in [3.05, 3.63) is 24.3 Å². The molecule has 4 aliphatic carbocycles. The molecule has 2 atom stereocenters. The van der Waals surface area contributed by atoms with Crippen LogP contribution in [-0.2, 0) is 9.53 Å². The number of rotatable bonds is 3. The van der Waals surface area contributed by atoms with Crippen LogP contribution in [-0.4, -0.2) is 24.0 Å². The zero-order chi connectivity index (χ0) is 17.7. The van der Waals surface area contributed by atoms with E-state index in [0.717, 1.165) is 25.7 Å². The molecule has 4 saturated carbocycles. The number of esters is 1. The highest BCUT2D eigenvalue weighted by Gasteiger charge is 2.60. The Morgan fingerprint density at radius 3 is 2.56 bits per heavy atom. The number of alkyl halides is 1. The molecule has 0 spiro atoms. The Balaban J connectivity index is 1.51. The van der Waals surface area contributed by atoms with Crippen LogP contribution in [0.4, 0.5) is 10.5 Å². The highest BCUT2D eigenvalue weighted by atomic mass is 35.5. The minimum atomic E-state index is -0.561. The second-order valence-corrected chi connectivity index (χ2v) is 8.73. The fourth-order valence-electron chi connectivity index (χ4n) is 5.41. The summed E-state index contributed by atoms with van der Waals surface area (Å²) in [5.74, 6) is 1.33. The lowest BCUT2D eigenvalue weighted by molar-refractivity contribution is -0.159. The van der Waals surface area contributed by atoms with Gasteiger partial charge >= 0.3 is 12.1 Å². The minimum Gasteiger partial charge on any atom is -0.453 e. The molecular formula is C19H22ClNO4. The molecule has 5 rings (SSSR count). The van der Waals surface area contributed by atoms with Gasteiger partial charge in [0.15, 0.2) is 0 Å². The Morgan fingerprint density at radius 1 is 1.20 bits per heavy atom. The average molecular weight is 364 g/mol. The summed E-state index contributed by atoms with van der Waals surface area (Å²) in [6.45, 7) is 0. The normalized spacial score (nSPS) is 35.3. The fraction of sp³-hybridized carbons (Fsp3) is 0.579. The van der Waals surface area contributed by atoms with Crippen LogP contribution in [0.2, 0.25) is 0 Å². The molecule has 0 aliphatic heterocycles. The van der Waals surface area contributed by atoms with E-state index in [4.69, 9.17) is 16.3 Å². The van der Waals surface area contributed by atoms with Crippen molar-refractivity contribution >= 4 is 29.4 Å². The number of ether oxygens (including phenoxy) is 2. The van der Waals surface area contributed by atoms with Crippen molar-refractivity contribution < 1.29 is 19.1 Å². The smallest absolute Gasteiger partial charge is 0.411 e. The first-order valence-corrected chi connectivity index (χ1v) is 9.14. The Bertz CT molecular complexity index is 705. The molecule has 0 saturated heterocycles.